The van der Waals surface area contributed by atoms with Crippen molar-refractivity contribution in [1.29, 1.82) is 0 Å². The number of aryl methyl sites for hydroxylation is 1. The third kappa shape index (κ3) is 8.79. The SMILES string of the molecule is CC(C)(C)OC(=O)N[C@@H](C(=O)OCc1ccccc1)[C@@H](CCCc1ccccc1)C(=O)O. The summed E-state index contributed by atoms with van der Waals surface area (Å²) in [6, 6.07) is 17.3. The maximum absolute atomic E-state index is 12.8. The zero-order valence-corrected chi connectivity index (χ0v) is 18.7. The smallest absolute Gasteiger partial charge is 0.408 e. The van der Waals surface area contributed by atoms with Gasteiger partial charge in [-0.3, -0.25) is 4.79 Å². The molecule has 172 valence electrons. The van der Waals surface area contributed by atoms with Crippen molar-refractivity contribution in [3.63, 3.8) is 0 Å². The summed E-state index contributed by atoms with van der Waals surface area (Å²) in [5.74, 6) is -3.16. The van der Waals surface area contributed by atoms with Crippen molar-refractivity contribution in [2.45, 2.75) is 58.3 Å². The van der Waals surface area contributed by atoms with Gasteiger partial charge in [-0.2, -0.15) is 0 Å². The summed E-state index contributed by atoms with van der Waals surface area (Å²) in [5.41, 5.74) is 1.03. The standard InChI is InChI=1S/C25H31NO6/c1-25(2,3)32-24(30)26-21(23(29)31-17-19-13-8-5-9-14-19)20(22(27)28)16-10-15-18-11-6-4-7-12-18/h4-9,11-14,20-21H,10,15-17H2,1-3H3,(H,26,30)(H,27,28)/t20-,21-/m1/s1. The first-order valence-corrected chi connectivity index (χ1v) is 10.6. The highest BCUT2D eigenvalue weighted by atomic mass is 16.6. The third-order valence-corrected chi connectivity index (χ3v) is 4.69. The molecule has 32 heavy (non-hydrogen) atoms. The lowest BCUT2D eigenvalue weighted by Crippen LogP contribution is -2.50. The molecule has 7 nitrogen and oxygen atoms in total. The van der Waals surface area contributed by atoms with Crippen molar-refractivity contribution in [2.24, 2.45) is 5.92 Å². The van der Waals surface area contributed by atoms with Gasteiger partial charge in [0.2, 0.25) is 0 Å². The van der Waals surface area contributed by atoms with Crippen molar-refractivity contribution in [2.75, 3.05) is 0 Å². The van der Waals surface area contributed by atoms with Crippen LogP contribution in [0.1, 0.15) is 44.7 Å². The first kappa shape index (κ1) is 24.9. The molecular weight excluding hydrogens is 410 g/mol. The lowest BCUT2D eigenvalue weighted by Gasteiger charge is -2.26. The van der Waals surface area contributed by atoms with Crippen LogP contribution in [0.3, 0.4) is 0 Å². The molecule has 0 unspecified atom stereocenters. The Balaban J connectivity index is 2.11. The van der Waals surface area contributed by atoms with Gasteiger partial charge in [-0.05, 0) is 51.2 Å². The number of esters is 1. The number of carbonyl (C=O) groups excluding carboxylic acids is 2. The van der Waals surface area contributed by atoms with E-state index in [9.17, 15) is 19.5 Å². The largest absolute Gasteiger partial charge is 0.481 e. The number of hydrogen-bond acceptors (Lipinski definition) is 5. The molecule has 0 spiro atoms. The van der Waals surface area contributed by atoms with Crippen LogP contribution in [-0.2, 0) is 32.1 Å². The highest BCUT2D eigenvalue weighted by molar-refractivity contribution is 5.87. The van der Waals surface area contributed by atoms with Gasteiger partial charge in [0, 0.05) is 0 Å². The van der Waals surface area contributed by atoms with Crippen molar-refractivity contribution >= 4 is 18.0 Å². The van der Waals surface area contributed by atoms with Crippen LogP contribution in [0.25, 0.3) is 0 Å². The molecule has 7 heteroatoms. The van der Waals surface area contributed by atoms with E-state index in [4.69, 9.17) is 9.47 Å². The number of amides is 1. The molecule has 0 aliphatic heterocycles. The first-order chi connectivity index (χ1) is 15.2. The van der Waals surface area contributed by atoms with Crippen LogP contribution in [-0.4, -0.2) is 34.8 Å². The predicted molar refractivity (Wildman–Crippen MR) is 120 cm³/mol. The molecule has 2 atom stereocenters. The van der Waals surface area contributed by atoms with Crippen molar-refractivity contribution in [1.82, 2.24) is 5.32 Å². The van der Waals surface area contributed by atoms with Gasteiger partial charge < -0.3 is 19.9 Å². The lowest BCUT2D eigenvalue weighted by molar-refractivity contribution is -0.155. The van der Waals surface area contributed by atoms with E-state index in [1.54, 1.807) is 32.9 Å². The van der Waals surface area contributed by atoms with Crippen LogP contribution >= 0.6 is 0 Å². The number of ether oxygens (including phenoxy) is 2. The maximum Gasteiger partial charge on any atom is 0.408 e. The first-order valence-electron chi connectivity index (χ1n) is 10.6. The number of rotatable bonds is 10. The molecule has 0 bridgehead atoms. The number of nitrogens with one attached hydrogen (secondary N) is 1. The summed E-state index contributed by atoms with van der Waals surface area (Å²) < 4.78 is 10.6. The van der Waals surface area contributed by atoms with Crippen molar-refractivity contribution < 1.29 is 29.0 Å². The molecule has 0 saturated carbocycles. The number of benzene rings is 2. The van der Waals surface area contributed by atoms with E-state index < -0.39 is 35.6 Å². The number of carbonyl (C=O) groups is 3. The summed E-state index contributed by atoms with van der Waals surface area (Å²) in [4.78, 5) is 37.2. The quantitative estimate of drug-likeness (QED) is 0.532. The average Bonchev–Trinajstić information content (AvgIpc) is 2.74. The molecule has 0 fully saturated rings. The highest BCUT2D eigenvalue weighted by Crippen LogP contribution is 2.18. The lowest BCUT2D eigenvalue weighted by atomic mass is 9.92. The molecule has 2 rings (SSSR count). The van der Waals surface area contributed by atoms with E-state index in [1.165, 1.54) is 0 Å². The maximum atomic E-state index is 12.8. The number of alkyl carbamates (subject to hydrolysis) is 1. The van der Waals surface area contributed by atoms with Crippen molar-refractivity contribution in [3.05, 3.63) is 71.8 Å². The fourth-order valence-electron chi connectivity index (χ4n) is 3.18. The van der Waals surface area contributed by atoms with Crippen LogP contribution in [0.2, 0.25) is 0 Å². The third-order valence-electron chi connectivity index (χ3n) is 4.69. The Bertz CT molecular complexity index is 876. The number of aliphatic carboxylic acids is 1. The van der Waals surface area contributed by atoms with Crippen LogP contribution < -0.4 is 5.32 Å². The second-order valence-corrected chi connectivity index (χ2v) is 8.54. The van der Waals surface area contributed by atoms with E-state index in [1.807, 2.05) is 48.5 Å². The van der Waals surface area contributed by atoms with E-state index in [0.717, 1.165) is 11.1 Å². The van der Waals surface area contributed by atoms with Crippen LogP contribution in [0.4, 0.5) is 4.79 Å². The molecule has 2 N–H and O–H groups in total. The summed E-state index contributed by atoms with van der Waals surface area (Å²) in [5, 5.41) is 12.2. The van der Waals surface area contributed by atoms with Gasteiger partial charge in [-0.25, -0.2) is 9.59 Å². The fourth-order valence-corrected chi connectivity index (χ4v) is 3.18. The Labute approximate surface area is 188 Å². The number of hydrogen-bond donors (Lipinski definition) is 2. The van der Waals surface area contributed by atoms with Crippen LogP contribution in [0, 0.1) is 5.92 Å². The van der Waals surface area contributed by atoms with Gasteiger partial charge in [-0.15, -0.1) is 0 Å². The van der Waals surface area contributed by atoms with Gasteiger partial charge >= 0.3 is 18.0 Å². The zero-order valence-electron chi connectivity index (χ0n) is 18.7. The molecular formula is C25H31NO6. The molecule has 2 aromatic rings. The van der Waals surface area contributed by atoms with Gasteiger partial charge in [0.1, 0.15) is 18.2 Å². The fraction of sp³-hybridized carbons (Fsp3) is 0.400. The van der Waals surface area contributed by atoms with E-state index >= 15 is 0 Å². The van der Waals surface area contributed by atoms with Crippen molar-refractivity contribution in [3.8, 4) is 0 Å². The zero-order chi connectivity index (χ0) is 23.6. The van der Waals surface area contributed by atoms with Gasteiger partial charge in [-0.1, -0.05) is 60.7 Å². The Hall–Kier alpha value is -3.35. The summed E-state index contributed by atoms with van der Waals surface area (Å²) in [6.45, 7) is 5.03. The Morgan fingerprint density at radius 1 is 0.938 bits per heavy atom. The minimum Gasteiger partial charge on any atom is -0.481 e. The summed E-state index contributed by atoms with van der Waals surface area (Å²) in [7, 11) is 0. The number of carboxylic acids is 1. The van der Waals surface area contributed by atoms with Gasteiger partial charge in [0.25, 0.3) is 0 Å². The van der Waals surface area contributed by atoms with Gasteiger partial charge in [0.15, 0.2) is 0 Å². The average molecular weight is 442 g/mol. The van der Waals surface area contributed by atoms with Gasteiger partial charge in [0.05, 0.1) is 5.92 Å². The second-order valence-electron chi connectivity index (χ2n) is 8.54. The predicted octanol–water partition coefficient (Wildman–Crippen LogP) is 4.35. The highest BCUT2D eigenvalue weighted by Gasteiger charge is 2.37. The topological polar surface area (TPSA) is 102 Å². The molecule has 0 radical (unpaired) electrons. The van der Waals surface area contributed by atoms with E-state index in [2.05, 4.69) is 5.32 Å². The molecule has 0 aromatic heterocycles. The molecule has 0 aliphatic carbocycles. The number of carboxylic acid groups (broad SMARTS) is 1. The van der Waals surface area contributed by atoms with Crippen LogP contribution in [0.15, 0.2) is 60.7 Å². The Morgan fingerprint density at radius 2 is 1.50 bits per heavy atom. The Morgan fingerprint density at radius 3 is 2.03 bits per heavy atom. The normalized spacial score (nSPS) is 13.0. The summed E-state index contributed by atoms with van der Waals surface area (Å²) >= 11 is 0. The molecule has 1 amide bonds. The monoisotopic (exact) mass is 441 g/mol. The summed E-state index contributed by atoms with van der Waals surface area (Å²) in [6.07, 6.45) is 0.501. The molecule has 2 aromatic carbocycles. The minimum atomic E-state index is -1.37. The Kier molecular flexibility index (Phi) is 9.25. The molecule has 0 saturated heterocycles. The van der Waals surface area contributed by atoms with E-state index in [0.29, 0.717) is 12.8 Å². The minimum absolute atomic E-state index is 0.0253. The van der Waals surface area contributed by atoms with E-state index in [-0.39, 0.29) is 13.0 Å². The molecule has 0 aliphatic rings. The molecule has 0 heterocycles. The van der Waals surface area contributed by atoms with Crippen LogP contribution in [0.5, 0.6) is 0 Å². The second kappa shape index (κ2) is 11.9.